The van der Waals surface area contributed by atoms with Crippen molar-refractivity contribution in [3.8, 4) is 5.75 Å². The highest BCUT2D eigenvalue weighted by atomic mass is 16.5. The molecule has 0 saturated carbocycles. The summed E-state index contributed by atoms with van der Waals surface area (Å²) in [5, 5.41) is 3.05. The van der Waals surface area contributed by atoms with Crippen LogP contribution in [0.15, 0.2) is 54.6 Å². The van der Waals surface area contributed by atoms with Crippen molar-refractivity contribution in [2.75, 3.05) is 25.5 Å². The van der Waals surface area contributed by atoms with Crippen LogP contribution in [0.5, 0.6) is 5.75 Å². The maximum atomic E-state index is 13.0. The van der Waals surface area contributed by atoms with E-state index < -0.39 is 0 Å². The zero-order valence-electron chi connectivity index (χ0n) is 14.1. The van der Waals surface area contributed by atoms with Crippen molar-refractivity contribution < 1.29 is 9.53 Å². The first-order chi connectivity index (χ1) is 11.8. The summed E-state index contributed by atoms with van der Waals surface area (Å²) in [6, 6.07) is 17.3. The number of carbonyl (C=O) groups is 1. The number of ether oxygens (including phenoxy) is 1. The molecule has 0 bridgehead atoms. The first-order valence-corrected chi connectivity index (χ1v) is 8.52. The largest absolute Gasteiger partial charge is 0.497 e. The molecule has 1 aliphatic heterocycles. The van der Waals surface area contributed by atoms with Crippen molar-refractivity contribution >= 4 is 11.6 Å². The molecule has 0 spiro atoms. The summed E-state index contributed by atoms with van der Waals surface area (Å²) in [7, 11) is 1.63. The molecule has 2 aromatic rings. The fourth-order valence-corrected chi connectivity index (χ4v) is 3.25. The Balaban J connectivity index is 1.82. The molecule has 1 saturated heterocycles. The monoisotopic (exact) mass is 324 g/mol. The predicted octanol–water partition coefficient (Wildman–Crippen LogP) is 3.86. The average Bonchev–Trinajstić information content (AvgIpc) is 2.64. The first-order valence-electron chi connectivity index (χ1n) is 8.52. The molecule has 0 radical (unpaired) electrons. The minimum Gasteiger partial charge on any atom is -0.497 e. The molecule has 1 aliphatic rings. The van der Waals surface area contributed by atoms with Gasteiger partial charge in [0.15, 0.2) is 0 Å². The molecule has 1 amide bonds. The Morgan fingerprint density at radius 1 is 1.04 bits per heavy atom. The molecule has 1 atom stereocenters. The number of piperidine rings is 1. The zero-order valence-corrected chi connectivity index (χ0v) is 14.1. The number of methoxy groups -OCH3 is 1. The van der Waals surface area contributed by atoms with Crippen LogP contribution in [0.1, 0.15) is 30.9 Å². The average molecular weight is 324 g/mol. The number of carbonyl (C=O) groups excluding carboxylic acids is 1. The lowest BCUT2D eigenvalue weighted by Crippen LogP contribution is -2.40. The van der Waals surface area contributed by atoms with Crippen molar-refractivity contribution in [2.45, 2.75) is 25.3 Å². The molecule has 4 heteroatoms. The second-order valence-electron chi connectivity index (χ2n) is 6.13. The number of rotatable bonds is 5. The Hall–Kier alpha value is -2.33. The summed E-state index contributed by atoms with van der Waals surface area (Å²) in [4.78, 5) is 15.3. The van der Waals surface area contributed by atoms with E-state index in [0.29, 0.717) is 0 Å². The van der Waals surface area contributed by atoms with Crippen LogP contribution in [0.2, 0.25) is 0 Å². The van der Waals surface area contributed by atoms with Crippen LogP contribution in [0.3, 0.4) is 0 Å². The van der Waals surface area contributed by atoms with E-state index in [1.54, 1.807) is 7.11 Å². The lowest BCUT2D eigenvalue weighted by atomic mass is 10.0. The molecule has 0 unspecified atom stereocenters. The Morgan fingerprint density at radius 3 is 2.50 bits per heavy atom. The highest BCUT2D eigenvalue weighted by Gasteiger charge is 2.28. The molecule has 1 N–H and O–H groups in total. The van der Waals surface area contributed by atoms with Crippen molar-refractivity contribution in [3.63, 3.8) is 0 Å². The zero-order chi connectivity index (χ0) is 16.8. The Labute approximate surface area is 143 Å². The lowest BCUT2D eigenvalue weighted by Gasteiger charge is -2.34. The van der Waals surface area contributed by atoms with Gasteiger partial charge in [-0.25, -0.2) is 0 Å². The van der Waals surface area contributed by atoms with Gasteiger partial charge in [-0.3, -0.25) is 9.69 Å². The van der Waals surface area contributed by atoms with E-state index in [4.69, 9.17) is 4.74 Å². The number of amides is 1. The Kier molecular flexibility index (Phi) is 5.49. The fourth-order valence-electron chi connectivity index (χ4n) is 3.25. The summed E-state index contributed by atoms with van der Waals surface area (Å²) in [6.07, 6.45) is 3.54. The van der Waals surface area contributed by atoms with Gasteiger partial charge >= 0.3 is 0 Å². The minimum absolute atomic E-state index is 0.0105. The van der Waals surface area contributed by atoms with Gasteiger partial charge in [-0.05, 0) is 43.6 Å². The van der Waals surface area contributed by atoms with E-state index in [1.165, 1.54) is 6.42 Å². The van der Waals surface area contributed by atoms with Gasteiger partial charge in [-0.1, -0.05) is 42.8 Å². The van der Waals surface area contributed by atoms with Crippen LogP contribution in [-0.2, 0) is 4.79 Å². The molecule has 4 nitrogen and oxygen atoms in total. The molecule has 24 heavy (non-hydrogen) atoms. The number of likely N-dealkylation sites (tertiary alicyclic amines) is 1. The van der Waals surface area contributed by atoms with E-state index in [2.05, 4.69) is 10.2 Å². The molecule has 1 heterocycles. The Morgan fingerprint density at radius 2 is 1.79 bits per heavy atom. The molecule has 2 aromatic carbocycles. The standard InChI is InChI=1S/C20H24N2O2/c1-24-18-12-8-11-17(15-18)21-20(23)19(16-9-4-2-5-10-16)22-13-6-3-7-14-22/h2,4-5,8-12,15,19H,3,6-7,13-14H2,1H3,(H,21,23)/t19-/m0/s1. The van der Waals surface area contributed by atoms with Crippen molar-refractivity contribution in [2.24, 2.45) is 0 Å². The highest BCUT2D eigenvalue weighted by Crippen LogP contribution is 2.27. The van der Waals surface area contributed by atoms with Gasteiger partial charge in [0, 0.05) is 11.8 Å². The smallest absolute Gasteiger partial charge is 0.246 e. The van der Waals surface area contributed by atoms with Crippen LogP contribution in [-0.4, -0.2) is 31.0 Å². The summed E-state index contributed by atoms with van der Waals surface area (Å²) in [5.41, 5.74) is 1.80. The second kappa shape index (κ2) is 7.97. The van der Waals surface area contributed by atoms with Crippen molar-refractivity contribution in [3.05, 3.63) is 60.2 Å². The number of anilines is 1. The van der Waals surface area contributed by atoms with E-state index in [0.717, 1.165) is 42.9 Å². The van der Waals surface area contributed by atoms with Gasteiger partial charge in [-0.2, -0.15) is 0 Å². The van der Waals surface area contributed by atoms with Crippen LogP contribution >= 0.6 is 0 Å². The summed E-state index contributed by atoms with van der Waals surface area (Å²) in [5.74, 6) is 0.749. The molecular weight excluding hydrogens is 300 g/mol. The number of nitrogens with one attached hydrogen (secondary N) is 1. The van der Waals surface area contributed by atoms with Crippen LogP contribution in [0, 0.1) is 0 Å². The van der Waals surface area contributed by atoms with Gasteiger partial charge in [0.05, 0.1) is 7.11 Å². The van der Waals surface area contributed by atoms with Gasteiger partial charge in [0.1, 0.15) is 11.8 Å². The van der Waals surface area contributed by atoms with E-state index in [1.807, 2.05) is 54.6 Å². The number of nitrogens with zero attached hydrogens (tertiary/aromatic N) is 1. The van der Waals surface area contributed by atoms with Crippen LogP contribution in [0.25, 0.3) is 0 Å². The Bertz CT molecular complexity index is 666. The van der Waals surface area contributed by atoms with Gasteiger partial charge in [0.2, 0.25) is 5.91 Å². The van der Waals surface area contributed by atoms with E-state index in [9.17, 15) is 4.79 Å². The predicted molar refractivity (Wildman–Crippen MR) is 96.2 cm³/mol. The molecular formula is C20H24N2O2. The quantitative estimate of drug-likeness (QED) is 0.908. The third-order valence-electron chi connectivity index (χ3n) is 4.46. The summed E-state index contributed by atoms with van der Waals surface area (Å²) < 4.78 is 5.24. The maximum absolute atomic E-state index is 13.0. The maximum Gasteiger partial charge on any atom is 0.246 e. The molecule has 1 fully saturated rings. The number of benzene rings is 2. The molecule has 0 aromatic heterocycles. The normalized spacial score (nSPS) is 16.4. The third kappa shape index (κ3) is 3.95. The SMILES string of the molecule is COc1cccc(NC(=O)[C@H](c2ccccc2)N2CCCCC2)c1. The van der Waals surface area contributed by atoms with Gasteiger partial charge < -0.3 is 10.1 Å². The molecule has 0 aliphatic carbocycles. The number of hydrogen-bond donors (Lipinski definition) is 1. The second-order valence-corrected chi connectivity index (χ2v) is 6.13. The van der Waals surface area contributed by atoms with Gasteiger partial charge in [-0.15, -0.1) is 0 Å². The van der Waals surface area contributed by atoms with E-state index in [-0.39, 0.29) is 11.9 Å². The summed E-state index contributed by atoms with van der Waals surface area (Å²) in [6.45, 7) is 1.93. The van der Waals surface area contributed by atoms with Crippen molar-refractivity contribution in [1.82, 2.24) is 4.90 Å². The first kappa shape index (κ1) is 16.5. The number of hydrogen-bond acceptors (Lipinski definition) is 3. The third-order valence-corrected chi connectivity index (χ3v) is 4.46. The van der Waals surface area contributed by atoms with Crippen molar-refractivity contribution in [1.29, 1.82) is 0 Å². The molecule has 3 rings (SSSR count). The summed E-state index contributed by atoms with van der Waals surface area (Å²) >= 11 is 0. The molecule has 126 valence electrons. The topological polar surface area (TPSA) is 41.6 Å². The lowest BCUT2D eigenvalue weighted by molar-refractivity contribution is -0.122. The fraction of sp³-hybridized carbons (Fsp3) is 0.350. The van der Waals surface area contributed by atoms with Crippen LogP contribution < -0.4 is 10.1 Å². The van der Waals surface area contributed by atoms with Gasteiger partial charge in [0.25, 0.3) is 0 Å². The highest BCUT2D eigenvalue weighted by molar-refractivity contribution is 5.95. The van der Waals surface area contributed by atoms with Crippen LogP contribution in [0.4, 0.5) is 5.69 Å². The minimum atomic E-state index is -0.252. The van der Waals surface area contributed by atoms with E-state index >= 15 is 0 Å².